The molecule has 1 aromatic carbocycles. The maximum Gasteiger partial charge on any atom is 0.254 e. The molecule has 5 heteroatoms. The van der Waals surface area contributed by atoms with Gasteiger partial charge in [-0.25, -0.2) is 4.98 Å². The molecule has 21 heavy (non-hydrogen) atoms. The lowest BCUT2D eigenvalue weighted by molar-refractivity contribution is 0.0645. The Kier molecular flexibility index (Phi) is 4.08. The van der Waals surface area contributed by atoms with Gasteiger partial charge in [0.1, 0.15) is 5.15 Å². The molecule has 0 unspecified atom stereocenters. The number of benzene rings is 1. The summed E-state index contributed by atoms with van der Waals surface area (Å²) in [6.45, 7) is 6.57. The summed E-state index contributed by atoms with van der Waals surface area (Å²) in [5, 5.41) is 1.23. The van der Waals surface area contributed by atoms with E-state index in [9.17, 15) is 4.79 Å². The van der Waals surface area contributed by atoms with Crippen LogP contribution < -0.4 is 0 Å². The molecular weight excluding hydrogens is 286 g/mol. The average Bonchev–Trinajstić information content (AvgIpc) is 2.53. The standard InChI is InChI=1S/C16H18ClN3O/c1-2-19-7-9-20(10-8-19)16(21)13-11-15(17)18-14-6-4-3-5-12(13)14/h3-6,11H,2,7-10H2,1H3. The maximum atomic E-state index is 12.8. The number of hydrogen-bond acceptors (Lipinski definition) is 3. The highest BCUT2D eigenvalue weighted by atomic mass is 35.5. The number of piperazine rings is 1. The first-order valence-electron chi connectivity index (χ1n) is 7.26. The molecule has 0 bridgehead atoms. The van der Waals surface area contributed by atoms with E-state index >= 15 is 0 Å². The molecule has 1 aliphatic rings. The summed E-state index contributed by atoms with van der Waals surface area (Å²) in [5.41, 5.74) is 1.41. The highest BCUT2D eigenvalue weighted by Gasteiger charge is 2.23. The summed E-state index contributed by atoms with van der Waals surface area (Å²) >= 11 is 6.06. The van der Waals surface area contributed by atoms with Crippen molar-refractivity contribution >= 4 is 28.4 Å². The third-order valence-corrected chi connectivity index (χ3v) is 4.22. The number of halogens is 1. The fourth-order valence-corrected chi connectivity index (χ4v) is 2.96. The monoisotopic (exact) mass is 303 g/mol. The molecule has 0 N–H and O–H groups in total. The van der Waals surface area contributed by atoms with Crippen molar-refractivity contribution in [3.8, 4) is 0 Å². The number of rotatable bonds is 2. The quantitative estimate of drug-likeness (QED) is 0.800. The highest BCUT2D eigenvalue weighted by molar-refractivity contribution is 6.30. The Balaban J connectivity index is 1.91. The molecular formula is C16H18ClN3O. The van der Waals surface area contributed by atoms with Gasteiger partial charge in [0, 0.05) is 31.6 Å². The molecule has 0 saturated carbocycles. The van der Waals surface area contributed by atoms with Crippen LogP contribution in [0.25, 0.3) is 10.9 Å². The average molecular weight is 304 g/mol. The second-order valence-electron chi connectivity index (χ2n) is 5.24. The Hall–Kier alpha value is -1.65. The smallest absolute Gasteiger partial charge is 0.254 e. The Labute approximate surface area is 129 Å². The summed E-state index contributed by atoms with van der Waals surface area (Å²) < 4.78 is 0. The number of carbonyl (C=O) groups excluding carboxylic acids is 1. The first kappa shape index (κ1) is 14.3. The summed E-state index contributed by atoms with van der Waals surface area (Å²) in [6, 6.07) is 9.31. The molecule has 0 radical (unpaired) electrons. The van der Waals surface area contributed by atoms with Gasteiger partial charge in [-0.15, -0.1) is 0 Å². The highest BCUT2D eigenvalue weighted by Crippen LogP contribution is 2.22. The summed E-state index contributed by atoms with van der Waals surface area (Å²) in [6.07, 6.45) is 0. The molecule has 1 aliphatic heterocycles. The van der Waals surface area contributed by atoms with E-state index < -0.39 is 0 Å². The number of para-hydroxylation sites is 1. The van der Waals surface area contributed by atoms with Gasteiger partial charge in [-0.2, -0.15) is 0 Å². The van der Waals surface area contributed by atoms with Gasteiger partial charge in [0.2, 0.25) is 0 Å². The lowest BCUT2D eigenvalue weighted by Crippen LogP contribution is -2.48. The third-order valence-electron chi connectivity index (χ3n) is 4.02. The summed E-state index contributed by atoms with van der Waals surface area (Å²) in [4.78, 5) is 21.3. The molecule has 4 nitrogen and oxygen atoms in total. The van der Waals surface area contributed by atoms with Gasteiger partial charge in [0.25, 0.3) is 5.91 Å². The minimum absolute atomic E-state index is 0.0475. The van der Waals surface area contributed by atoms with Crippen molar-refractivity contribution in [2.24, 2.45) is 0 Å². The molecule has 1 amide bonds. The van der Waals surface area contributed by atoms with E-state index in [1.807, 2.05) is 29.2 Å². The van der Waals surface area contributed by atoms with Gasteiger partial charge in [-0.3, -0.25) is 4.79 Å². The Bertz CT molecular complexity index is 666. The van der Waals surface area contributed by atoms with Crippen LogP contribution in [0.4, 0.5) is 0 Å². The number of nitrogens with zero attached hydrogens (tertiary/aromatic N) is 3. The number of amides is 1. The van der Waals surface area contributed by atoms with E-state index in [-0.39, 0.29) is 5.91 Å². The van der Waals surface area contributed by atoms with Crippen molar-refractivity contribution in [2.75, 3.05) is 32.7 Å². The van der Waals surface area contributed by atoms with E-state index in [0.717, 1.165) is 43.6 Å². The zero-order valence-electron chi connectivity index (χ0n) is 12.1. The van der Waals surface area contributed by atoms with Crippen LogP contribution in [-0.4, -0.2) is 53.4 Å². The molecule has 3 rings (SSSR count). The van der Waals surface area contributed by atoms with Crippen molar-refractivity contribution in [3.63, 3.8) is 0 Å². The van der Waals surface area contributed by atoms with Crippen molar-refractivity contribution in [2.45, 2.75) is 6.92 Å². The zero-order chi connectivity index (χ0) is 14.8. The number of pyridine rings is 1. The van der Waals surface area contributed by atoms with Crippen LogP contribution in [0.3, 0.4) is 0 Å². The fraction of sp³-hybridized carbons (Fsp3) is 0.375. The van der Waals surface area contributed by atoms with Crippen LogP contribution in [-0.2, 0) is 0 Å². The topological polar surface area (TPSA) is 36.4 Å². The minimum atomic E-state index is 0.0475. The van der Waals surface area contributed by atoms with E-state index in [1.54, 1.807) is 6.07 Å². The van der Waals surface area contributed by atoms with Crippen molar-refractivity contribution in [1.82, 2.24) is 14.8 Å². The van der Waals surface area contributed by atoms with Gasteiger partial charge in [0.15, 0.2) is 0 Å². The van der Waals surface area contributed by atoms with E-state index in [0.29, 0.717) is 10.7 Å². The second kappa shape index (κ2) is 6.00. The predicted octanol–water partition coefficient (Wildman–Crippen LogP) is 2.67. The van der Waals surface area contributed by atoms with Crippen LogP contribution in [0.1, 0.15) is 17.3 Å². The lowest BCUT2D eigenvalue weighted by atomic mass is 10.1. The molecule has 0 atom stereocenters. The van der Waals surface area contributed by atoms with Crippen LogP contribution in [0.2, 0.25) is 5.15 Å². The molecule has 0 aliphatic carbocycles. The molecule has 1 aromatic heterocycles. The van der Waals surface area contributed by atoms with Gasteiger partial charge in [0.05, 0.1) is 11.1 Å². The lowest BCUT2D eigenvalue weighted by Gasteiger charge is -2.34. The fourth-order valence-electron chi connectivity index (χ4n) is 2.76. The normalized spacial score (nSPS) is 16.4. The van der Waals surface area contributed by atoms with Crippen LogP contribution >= 0.6 is 11.6 Å². The maximum absolute atomic E-state index is 12.8. The molecule has 2 heterocycles. The van der Waals surface area contributed by atoms with E-state index in [2.05, 4.69) is 16.8 Å². The van der Waals surface area contributed by atoms with Crippen molar-refractivity contribution in [1.29, 1.82) is 0 Å². The zero-order valence-corrected chi connectivity index (χ0v) is 12.8. The van der Waals surface area contributed by atoms with Crippen LogP contribution in [0, 0.1) is 0 Å². The van der Waals surface area contributed by atoms with Gasteiger partial charge in [-0.05, 0) is 18.7 Å². The Morgan fingerprint density at radius 2 is 1.95 bits per heavy atom. The molecule has 1 saturated heterocycles. The predicted molar refractivity (Wildman–Crippen MR) is 84.8 cm³/mol. The first-order valence-corrected chi connectivity index (χ1v) is 7.63. The number of fused-ring (bicyclic) bond motifs is 1. The van der Waals surface area contributed by atoms with E-state index in [4.69, 9.17) is 11.6 Å². The van der Waals surface area contributed by atoms with Gasteiger partial charge < -0.3 is 9.80 Å². The number of carbonyl (C=O) groups is 1. The molecule has 2 aromatic rings. The number of aromatic nitrogens is 1. The number of likely N-dealkylation sites (N-methyl/N-ethyl adjacent to an activating group) is 1. The number of hydrogen-bond donors (Lipinski definition) is 0. The Morgan fingerprint density at radius 1 is 1.24 bits per heavy atom. The van der Waals surface area contributed by atoms with Gasteiger partial charge in [-0.1, -0.05) is 36.7 Å². The van der Waals surface area contributed by atoms with Crippen LogP contribution in [0.15, 0.2) is 30.3 Å². The Morgan fingerprint density at radius 3 is 2.67 bits per heavy atom. The van der Waals surface area contributed by atoms with Crippen molar-refractivity contribution < 1.29 is 4.79 Å². The summed E-state index contributed by atoms with van der Waals surface area (Å²) in [5.74, 6) is 0.0475. The molecule has 1 fully saturated rings. The van der Waals surface area contributed by atoms with Gasteiger partial charge >= 0.3 is 0 Å². The largest absolute Gasteiger partial charge is 0.336 e. The third kappa shape index (κ3) is 2.87. The van der Waals surface area contributed by atoms with Crippen LogP contribution in [0.5, 0.6) is 0 Å². The van der Waals surface area contributed by atoms with Crippen molar-refractivity contribution in [3.05, 3.63) is 41.0 Å². The summed E-state index contributed by atoms with van der Waals surface area (Å²) in [7, 11) is 0. The minimum Gasteiger partial charge on any atom is -0.336 e. The molecule has 0 spiro atoms. The SMILES string of the molecule is CCN1CCN(C(=O)c2cc(Cl)nc3ccccc23)CC1. The van der Waals surface area contributed by atoms with E-state index in [1.165, 1.54) is 0 Å². The second-order valence-corrected chi connectivity index (χ2v) is 5.62. The molecule has 110 valence electrons. The first-order chi connectivity index (χ1) is 10.2.